The molecule has 1 N–H and O–H groups in total. The van der Waals surface area contributed by atoms with Crippen LogP contribution < -0.4 is 5.32 Å². The molecule has 1 aliphatic heterocycles. The van der Waals surface area contributed by atoms with E-state index in [1.54, 1.807) is 29.2 Å². The van der Waals surface area contributed by atoms with Crippen LogP contribution in [0.1, 0.15) is 39.2 Å². The van der Waals surface area contributed by atoms with Crippen LogP contribution in [0.4, 0.5) is 9.59 Å². The quantitative estimate of drug-likeness (QED) is 0.911. The molecule has 0 unspecified atom stereocenters. The van der Waals surface area contributed by atoms with Crippen LogP contribution in [0.25, 0.3) is 0 Å². The molecule has 0 aliphatic carbocycles. The minimum Gasteiger partial charge on any atom is -0.444 e. The Balaban J connectivity index is 1.76. The van der Waals surface area contributed by atoms with Gasteiger partial charge in [-0.3, -0.25) is 4.98 Å². The van der Waals surface area contributed by atoms with Gasteiger partial charge in [-0.2, -0.15) is 0 Å². The Morgan fingerprint density at radius 3 is 2.60 bits per heavy atom. The molecule has 1 aromatic rings. The molecule has 0 bridgehead atoms. The van der Waals surface area contributed by atoms with Gasteiger partial charge in [0.2, 0.25) is 0 Å². The van der Waals surface area contributed by atoms with Crippen molar-refractivity contribution < 1.29 is 14.3 Å². The highest BCUT2D eigenvalue weighted by Gasteiger charge is 2.29. The van der Waals surface area contributed by atoms with Crippen molar-refractivity contribution in [3.63, 3.8) is 0 Å². The first-order valence-electron chi connectivity index (χ1n) is 8.64. The Morgan fingerprint density at radius 2 is 2.04 bits per heavy atom. The summed E-state index contributed by atoms with van der Waals surface area (Å²) in [5.41, 5.74) is 0.466. The molecule has 2 rings (SSSR count). The second kappa shape index (κ2) is 8.18. The van der Waals surface area contributed by atoms with Gasteiger partial charge >= 0.3 is 12.1 Å². The summed E-state index contributed by atoms with van der Waals surface area (Å²) in [4.78, 5) is 31.9. The molecule has 7 heteroatoms. The molecule has 0 radical (unpaired) electrons. The lowest BCUT2D eigenvalue weighted by molar-refractivity contribution is 0.0168. The number of amides is 3. The topological polar surface area (TPSA) is 74.8 Å². The third-order valence-corrected chi connectivity index (χ3v) is 4.15. The maximum absolute atomic E-state index is 12.3. The molecule has 0 aromatic carbocycles. The number of rotatable bonds is 3. The van der Waals surface area contributed by atoms with Gasteiger partial charge in [-0.1, -0.05) is 6.07 Å². The Kier molecular flexibility index (Phi) is 6.22. The molecule has 1 aromatic heterocycles. The van der Waals surface area contributed by atoms with Crippen LogP contribution in [-0.2, 0) is 11.3 Å². The number of piperidine rings is 1. The molecule has 1 saturated heterocycles. The van der Waals surface area contributed by atoms with E-state index in [0.717, 1.165) is 18.4 Å². The fourth-order valence-corrected chi connectivity index (χ4v) is 2.73. The van der Waals surface area contributed by atoms with Crippen molar-refractivity contribution in [3.8, 4) is 0 Å². The van der Waals surface area contributed by atoms with Gasteiger partial charge in [0.1, 0.15) is 5.60 Å². The van der Waals surface area contributed by atoms with Gasteiger partial charge in [-0.05, 0) is 45.2 Å². The minimum absolute atomic E-state index is 0.0813. The summed E-state index contributed by atoms with van der Waals surface area (Å²) in [6, 6.07) is 3.79. The number of aromatic nitrogens is 1. The highest BCUT2D eigenvalue weighted by Crippen LogP contribution is 2.18. The van der Waals surface area contributed by atoms with Crippen LogP contribution >= 0.6 is 0 Å². The Labute approximate surface area is 149 Å². The van der Waals surface area contributed by atoms with Crippen molar-refractivity contribution in [1.82, 2.24) is 20.1 Å². The zero-order valence-electron chi connectivity index (χ0n) is 15.5. The summed E-state index contributed by atoms with van der Waals surface area (Å²) in [5, 5.41) is 2.91. The van der Waals surface area contributed by atoms with Gasteiger partial charge < -0.3 is 19.9 Å². The van der Waals surface area contributed by atoms with E-state index in [1.807, 2.05) is 32.9 Å². The monoisotopic (exact) mass is 348 g/mol. The van der Waals surface area contributed by atoms with Gasteiger partial charge in [0, 0.05) is 45.1 Å². The van der Waals surface area contributed by atoms with Gasteiger partial charge in [0.05, 0.1) is 0 Å². The second-order valence-corrected chi connectivity index (χ2v) is 7.33. The van der Waals surface area contributed by atoms with Crippen molar-refractivity contribution in [2.75, 3.05) is 20.1 Å². The second-order valence-electron chi connectivity index (χ2n) is 7.33. The molecule has 138 valence electrons. The fraction of sp³-hybridized carbons (Fsp3) is 0.611. The molecular formula is C18H28N4O3. The lowest BCUT2D eigenvalue weighted by atomic mass is 10.0. The molecule has 1 aliphatic rings. The number of nitrogens with zero attached hydrogens (tertiary/aromatic N) is 3. The average molecular weight is 348 g/mol. The maximum atomic E-state index is 12.3. The maximum Gasteiger partial charge on any atom is 0.410 e. The molecule has 0 atom stereocenters. The first-order valence-corrected chi connectivity index (χ1v) is 8.64. The van der Waals surface area contributed by atoms with Gasteiger partial charge in [-0.25, -0.2) is 9.59 Å². The van der Waals surface area contributed by atoms with Crippen LogP contribution in [-0.4, -0.2) is 58.7 Å². The summed E-state index contributed by atoms with van der Waals surface area (Å²) in [5.74, 6) is 0. The summed E-state index contributed by atoms with van der Waals surface area (Å²) < 4.78 is 5.40. The number of urea groups is 1. The summed E-state index contributed by atoms with van der Waals surface area (Å²) in [7, 11) is 1.76. The largest absolute Gasteiger partial charge is 0.444 e. The van der Waals surface area contributed by atoms with Gasteiger partial charge in [0.25, 0.3) is 0 Å². The predicted molar refractivity (Wildman–Crippen MR) is 95.1 cm³/mol. The average Bonchev–Trinajstić information content (AvgIpc) is 2.58. The third kappa shape index (κ3) is 5.92. The highest BCUT2D eigenvalue weighted by molar-refractivity contribution is 5.74. The summed E-state index contributed by atoms with van der Waals surface area (Å²) in [6.07, 6.45) is 4.62. The van der Waals surface area contributed by atoms with Crippen LogP contribution in [0.3, 0.4) is 0 Å². The highest BCUT2D eigenvalue weighted by atomic mass is 16.6. The normalized spacial score (nSPS) is 15.6. The lowest BCUT2D eigenvalue weighted by Crippen LogP contribution is -2.50. The van der Waals surface area contributed by atoms with Crippen LogP contribution in [0, 0.1) is 0 Å². The summed E-state index contributed by atoms with van der Waals surface area (Å²) in [6.45, 7) is 7.27. The fourth-order valence-electron chi connectivity index (χ4n) is 2.73. The van der Waals surface area contributed by atoms with Crippen molar-refractivity contribution in [1.29, 1.82) is 0 Å². The smallest absolute Gasteiger partial charge is 0.410 e. The number of hydrogen-bond donors (Lipinski definition) is 1. The van der Waals surface area contributed by atoms with Crippen molar-refractivity contribution in [2.45, 2.75) is 51.8 Å². The number of carbonyl (C=O) groups is 2. The number of hydrogen-bond acceptors (Lipinski definition) is 4. The molecule has 3 amide bonds. The first-order chi connectivity index (χ1) is 11.8. The van der Waals surface area contributed by atoms with E-state index in [0.29, 0.717) is 19.6 Å². The molecule has 0 saturated carbocycles. The van der Waals surface area contributed by atoms with Crippen LogP contribution in [0.2, 0.25) is 0 Å². The number of nitrogens with one attached hydrogen (secondary N) is 1. The van der Waals surface area contributed by atoms with Crippen molar-refractivity contribution in [3.05, 3.63) is 30.1 Å². The minimum atomic E-state index is -0.502. The summed E-state index contributed by atoms with van der Waals surface area (Å²) >= 11 is 0. The third-order valence-electron chi connectivity index (χ3n) is 4.15. The molecule has 2 heterocycles. The zero-order valence-corrected chi connectivity index (χ0v) is 15.5. The lowest BCUT2D eigenvalue weighted by Gasteiger charge is -2.37. The van der Waals surface area contributed by atoms with E-state index in [9.17, 15) is 9.59 Å². The van der Waals surface area contributed by atoms with E-state index >= 15 is 0 Å². The van der Waals surface area contributed by atoms with E-state index in [4.69, 9.17) is 4.74 Å². The number of ether oxygens (including phenoxy) is 1. The van der Waals surface area contributed by atoms with E-state index < -0.39 is 5.60 Å². The molecule has 7 nitrogen and oxygen atoms in total. The Bertz CT molecular complexity index is 578. The number of likely N-dealkylation sites (tertiary alicyclic amines) is 1. The van der Waals surface area contributed by atoms with Gasteiger partial charge in [-0.15, -0.1) is 0 Å². The Hall–Kier alpha value is -2.31. The van der Waals surface area contributed by atoms with Crippen molar-refractivity contribution >= 4 is 12.1 Å². The van der Waals surface area contributed by atoms with E-state index in [-0.39, 0.29) is 18.2 Å². The molecule has 0 spiro atoms. The van der Waals surface area contributed by atoms with Gasteiger partial charge in [0.15, 0.2) is 0 Å². The molecule has 25 heavy (non-hydrogen) atoms. The standard InChI is InChI=1S/C18H28N4O3/c1-18(2,3)25-17(24)21(4)15-7-10-22(11-8-15)16(23)20-13-14-6-5-9-19-12-14/h5-6,9,12,15H,7-8,10-11,13H2,1-4H3,(H,20,23). The first kappa shape index (κ1) is 19.0. The van der Waals surface area contributed by atoms with E-state index in [2.05, 4.69) is 10.3 Å². The number of pyridine rings is 1. The SMILES string of the molecule is CN(C(=O)OC(C)(C)C)C1CCN(C(=O)NCc2cccnc2)CC1. The predicted octanol–water partition coefficient (Wildman–Crippen LogP) is 2.62. The van der Waals surface area contributed by atoms with Crippen molar-refractivity contribution in [2.24, 2.45) is 0 Å². The van der Waals surface area contributed by atoms with E-state index in [1.165, 1.54) is 0 Å². The molecular weight excluding hydrogens is 320 g/mol. The number of carbonyl (C=O) groups excluding carboxylic acids is 2. The van der Waals surface area contributed by atoms with Crippen LogP contribution in [0.5, 0.6) is 0 Å². The van der Waals surface area contributed by atoms with Crippen LogP contribution in [0.15, 0.2) is 24.5 Å². The molecule has 1 fully saturated rings. The zero-order chi connectivity index (χ0) is 18.4. The Morgan fingerprint density at radius 1 is 1.36 bits per heavy atom.